The largest absolute Gasteiger partial charge is 0.506 e. The van der Waals surface area contributed by atoms with Crippen molar-refractivity contribution < 1.29 is 14.8 Å². The van der Waals surface area contributed by atoms with Crippen LogP contribution in [0.15, 0.2) is 54.6 Å². The summed E-state index contributed by atoms with van der Waals surface area (Å²) in [6.45, 7) is 8.33. The van der Waals surface area contributed by atoms with Gasteiger partial charge in [0.2, 0.25) is 0 Å². The molecule has 1 heterocycles. The summed E-state index contributed by atoms with van der Waals surface area (Å²) >= 11 is 0. The van der Waals surface area contributed by atoms with Crippen molar-refractivity contribution in [1.82, 2.24) is 5.32 Å². The second-order valence-corrected chi connectivity index (χ2v) is 8.06. The van der Waals surface area contributed by atoms with Gasteiger partial charge in [-0.05, 0) is 30.0 Å². The maximum Gasteiger partial charge on any atom is 0.275 e. The van der Waals surface area contributed by atoms with E-state index in [1.807, 2.05) is 36.4 Å². The van der Waals surface area contributed by atoms with E-state index in [9.17, 15) is 9.90 Å². The minimum atomic E-state index is 0.0654. The number of quaternary nitrogens is 1. The summed E-state index contributed by atoms with van der Waals surface area (Å²) in [5.74, 6) is 0.948. The molecule has 1 aliphatic rings. The predicted octanol–water partition coefficient (Wildman–Crippen LogP) is 2.00. The predicted molar refractivity (Wildman–Crippen MR) is 113 cm³/mol. The van der Waals surface area contributed by atoms with Gasteiger partial charge in [-0.2, -0.15) is 0 Å². The molecule has 0 aliphatic carbocycles. The highest BCUT2D eigenvalue weighted by atomic mass is 16.3. The molecular formula is C23H32N3O2+. The zero-order valence-electron chi connectivity index (χ0n) is 16.9. The third kappa shape index (κ3) is 5.49. The molecule has 2 aromatic carbocycles. The molecular weight excluding hydrogens is 350 g/mol. The van der Waals surface area contributed by atoms with E-state index in [0.717, 1.165) is 38.3 Å². The second-order valence-electron chi connectivity index (χ2n) is 8.06. The Labute approximate surface area is 168 Å². The van der Waals surface area contributed by atoms with Gasteiger partial charge < -0.3 is 20.2 Å². The summed E-state index contributed by atoms with van der Waals surface area (Å²) in [5.41, 5.74) is 2.05. The van der Waals surface area contributed by atoms with Crippen LogP contribution in [0.4, 0.5) is 5.69 Å². The van der Waals surface area contributed by atoms with Gasteiger partial charge in [0, 0.05) is 0 Å². The number of phenolic OH excluding ortho intramolecular Hbond substituents is 1. The van der Waals surface area contributed by atoms with E-state index in [-0.39, 0.29) is 11.9 Å². The van der Waals surface area contributed by atoms with Crippen LogP contribution >= 0.6 is 0 Å². The molecule has 0 radical (unpaired) electrons. The van der Waals surface area contributed by atoms with Crippen molar-refractivity contribution in [2.45, 2.75) is 26.3 Å². The van der Waals surface area contributed by atoms with E-state index in [2.05, 4.69) is 36.2 Å². The molecule has 0 bridgehead atoms. The van der Waals surface area contributed by atoms with Crippen LogP contribution < -0.4 is 15.1 Å². The highest BCUT2D eigenvalue weighted by molar-refractivity contribution is 5.77. The first kappa shape index (κ1) is 20.2. The molecule has 3 N–H and O–H groups in total. The quantitative estimate of drug-likeness (QED) is 0.687. The number of rotatable bonds is 7. The van der Waals surface area contributed by atoms with Crippen LogP contribution in [0.1, 0.15) is 31.9 Å². The van der Waals surface area contributed by atoms with Gasteiger partial charge in [-0.3, -0.25) is 4.79 Å². The van der Waals surface area contributed by atoms with Crippen LogP contribution in [0.25, 0.3) is 0 Å². The average molecular weight is 383 g/mol. The minimum absolute atomic E-state index is 0.0654. The van der Waals surface area contributed by atoms with Crippen LogP contribution in [0, 0.1) is 5.92 Å². The van der Waals surface area contributed by atoms with Crippen LogP contribution in [0.2, 0.25) is 0 Å². The molecule has 0 spiro atoms. The van der Waals surface area contributed by atoms with E-state index in [1.165, 1.54) is 10.5 Å². The summed E-state index contributed by atoms with van der Waals surface area (Å²) in [5, 5.41) is 13.3. The number of amides is 1. The van der Waals surface area contributed by atoms with Crippen molar-refractivity contribution in [3.05, 3.63) is 60.2 Å². The Morgan fingerprint density at radius 2 is 1.71 bits per heavy atom. The lowest BCUT2D eigenvalue weighted by Gasteiger charge is -2.33. The molecule has 1 amide bonds. The van der Waals surface area contributed by atoms with Crippen LogP contribution in [-0.4, -0.2) is 43.7 Å². The molecule has 0 saturated carbocycles. The normalized spacial score (nSPS) is 16.2. The number of hydrogen-bond acceptors (Lipinski definition) is 3. The first-order chi connectivity index (χ1) is 13.5. The number of carbonyl (C=O) groups is 1. The lowest BCUT2D eigenvalue weighted by Crippen LogP contribution is -3.16. The Balaban J connectivity index is 1.53. The smallest absolute Gasteiger partial charge is 0.275 e. The van der Waals surface area contributed by atoms with E-state index in [4.69, 9.17) is 0 Å². The number of piperazine rings is 1. The van der Waals surface area contributed by atoms with Crippen LogP contribution in [0.5, 0.6) is 5.75 Å². The molecule has 3 rings (SSSR count). The van der Waals surface area contributed by atoms with Crippen molar-refractivity contribution in [2.24, 2.45) is 5.92 Å². The monoisotopic (exact) mass is 382 g/mol. The lowest BCUT2D eigenvalue weighted by atomic mass is 9.97. The molecule has 5 nitrogen and oxygen atoms in total. The summed E-state index contributed by atoms with van der Waals surface area (Å²) in [7, 11) is 0. The van der Waals surface area contributed by atoms with Gasteiger partial charge in [0.15, 0.2) is 6.54 Å². The first-order valence-electron chi connectivity index (χ1n) is 10.2. The van der Waals surface area contributed by atoms with Crippen LogP contribution in [0.3, 0.4) is 0 Å². The number of anilines is 1. The highest BCUT2D eigenvalue weighted by Gasteiger charge is 2.25. The van der Waals surface area contributed by atoms with Crippen molar-refractivity contribution in [3.8, 4) is 5.75 Å². The molecule has 2 aromatic rings. The number of phenols is 1. The number of carbonyl (C=O) groups excluding carboxylic acids is 1. The lowest BCUT2D eigenvalue weighted by molar-refractivity contribution is -0.892. The topological polar surface area (TPSA) is 57.0 Å². The Kier molecular flexibility index (Phi) is 6.93. The first-order valence-corrected chi connectivity index (χ1v) is 10.2. The van der Waals surface area contributed by atoms with E-state index in [0.29, 0.717) is 18.2 Å². The third-order valence-corrected chi connectivity index (χ3v) is 5.35. The third-order valence-electron chi connectivity index (χ3n) is 5.35. The van der Waals surface area contributed by atoms with Crippen molar-refractivity contribution in [1.29, 1.82) is 0 Å². The molecule has 0 unspecified atom stereocenters. The maximum atomic E-state index is 12.7. The van der Waals surface area contributed by atoms with Gasteiger partial charge >= 0.3 is 0 Å². The maximum absolute atomic E-state index is 12.7. The van der Waals surface area contributed by atoms with Crippen LogP contribution in [-0.2, 0) is 4.79 Å². The number of nitrogens with one attached hydrogen (secondary N) is 2. The number of para-hydroxylation sites is 2. The fourth-order valence-electron chi connectivity index (χ4n) is 3.88. The van der Waals surface area contributed by atoms with Gasteiger partial charge in [-0.1, -0.05) is 56.3 Å². The summed E-state index contributed by atoms with van der Waals surface area (Å²) < 4.78 is 0. The Morgan fingerprint density at radius 3 is 2.36 bits per heavy atom. The van der Waals surface area contributed by atoms with Crippen molar-refractivity contribution >= 4 is 11.6 Å². The number of hydrogen-bond donors (Lipinski definition) is 3. The summed E-state index contributed by atoms with van der Waals surface area (Å²) in [4.78, 5) is 16.2. The molecule has 1 saturated heterocycles. The van der Waals surface area contributed by atoms with Gasteiger partial charge in [0.05, 0.1) is 37.9 Å². The standard InChI is InChI=1S/C23H31N3O2/c1-18(2)16-20(19-8-4-3-5-9-19)24-23(28)17-25-12-14-26(15-13-25)21-10-6-7-11-22(21)27/h3-11,18,20,27H,12-17H2,1-2H3,(H,24,28)/p+1/t20-/m1/s1. The fraction of sp³-hybridized carbons (Fsp3) is 0.435. The highest BCUT2D eigenvalue weighted by Crippen LogP contribution is 2.26. The second kappa shape index (κ2) is 9.60. The average Bonchev–Trinajstić information content (AvgIpc) is 2.69. The Morgan fingerprint density at radius 1 is 1.07 bits per heavy atom. The molecule has 0 aromatic heterocycles. The Bertz CT molecular complexity index is 755. The number of benzene rings is 2. The molecule has 1 fully saturated rings. The van der Waals surface area contributed by atoms with Crippen molar-refractivity contribution in [3.63, 3.8) is 0 Å². The summed E-state index contributed by atoms with van der Waals surface area (Å²) in [6.07, 6.45) is 0.937. The molecule has 150 valence electrons. The minimum Gasteiger partial charge on any atom is -0.506 e. The van der Waals surface area contributed by atoms with Gasteiger partial charge in [-0.15, -0.1) is 0 Å². The van der Waals surface area contributed by atoms with Gasteiger partial charge in [0.1, 0.15) is 5.75 Å². The molecule has 28 heavy (non-hydrogen) atoms. The van der Waals surface area contributed by atoms with E-state index < -0.39 is 0 Å². The van der Waals surface area contributed by atoms with Gasteiger partial charge in [0.25, 0.3) is 5.91 Å². The fourth-order valence-corrected chi connectivity index (χ4v) is 3.88. The zero-order valence-corrected chi connectivity index (χ0v) is 16.9. The summed E-state index contributed by atoms with van der Waals surface area (Å²) in [6, 6.07) is 17.8. The zero-order chi connectivity index (χ0) is 19.9. The molecule has 1 aliphatic heterocycles. The van der Waals surface area contributed by atoms with Gasteiger partial charge in [-0.25, -0.2) is 0 Å². The molecule has 1 atom stereocenters. The molecule has 5 heteroatoms. The van der Waals surface area contributed by atoms with Crippen molar-refractivity contribution in [2.75, 3.05) is 37.6 Å². The number of aromatic hydroxyl groups is 1. The van der Waals surface area contributed by atoms with E-state index >= 15 is 0 Å². The van der Waals surface area contributed by atoms with E-state index in [1.54, 1.807) is 6.07 Å². The SMILES string of the molecule is CC(C)C[C@@H](NC(=O)C[NH+]1CCN(c2ccccc2O)CC1)c1ccccc1. The Hall–Kier alpha value is -2.53. The number of nitrogens with zero attached hydrogens (tertiary/aromatic N) is 1.